The van der Waals surface area contributed by atoms with Gasteiger partial charge in [0.25, 0.3) is 0 Å². The molecule has 0 saturated carbocycles. The average Bonchev–Trinajstić information content (AvgIpc) is 2.50. The van der Waals surface area contributed by atoms with Gasteiger partial charge in [0.15, 0.2) is 0 Å². The van der Waals surface area contributed by atoms with E-state index in [2.05, 4.69) is 4.98 Å². The van der Waals surface area contributed by atoms with Gasteiger partial charge in [0.2, 0.25) is 5.88 Å². The molecule has 0 aliphatic carbocycles. The Balaban J connectivity index is 2.51. The molecule has 3 nitrogen and oxygen atoms in total. The van der Waals surface area contributed by atoms with Gasteiger partial charge in [-0.15, -0.1) is 0 Å². The molecule has 1 aromatic heterocycles. The highest BCUT2D eigenvalue weighted by atomic mass is 16.5. The molecule has 0 atom stereocenters. The zero-order valence-electron chi connectivity index (χ0n) is 5.87. The van der Waals surface area contributed by atoms with E-state index in [9.17, 15) is 0 Å². The van der Waals surface area contributed by atoms with Gasteiger partial charge in [-0.3, -0.25) is 0 Å². The number of pyridine rings is 1. The van der Waals surface area contributed by atoms with Gasteiger partial charge in [-0.25, -0.2) is 4.98 Å². The van der Waals surface area contributed by atoms with Gasteiger partial charge in [-0.2, -0.15) is 5.26 Å². The Kier molecular flexibility index (Phi) is 1.26. The molecule has 0 aromatic carbocycles. The smallest absolute Gasteiger partial charge is 0.217 e. The second kappa shape index (κ2) is 2.24. The standard InChI is InChI=1S/C8H6N2O/c9-5-7-2-1-6-3-4-11-8(6)10-7/h1-2H,3-4H2. The maximum atomic E-state index is 8.50. The first kappa shape index (κ1) is 6.17. The van der Waals surface area contributed by atoms with E-state index in [1.807, 2.05) is 12.1 Å². The Morgan fingerprint density at radius 1 is 1.55 bits per heavy atom. The largest absolute Gasteiger partial charge is 0.477 e. The van der Waals surface area contributed by atoms with E-state index < -0.39 is 0 Å². The molecule has 0 amide bonds. The lowest BCUT2D eigenvalue weighted by Gasteiger charge is -1.95. The van der Waals surface area contributed by atoms with E-state index in [1.54, 1.807) is 6.07 Å². The summed E-state index contributed by atoms with van der Waals surface area (Å²) in [5.41, 5.74) is 1.52. The van der Waals surface area contributed by atoms with Crippen LogP contribution >= 0.6 is 0 Å². The Bertz CT molecular complexity index is 327. The molecule has 1 aliphatic rings. The minimum absolute atomic E-state index is 0.422. The van der Waals surface area contributed by atoms with Gasteiger partial charge >= 0.3 is 0 Å². The maximum Gasteiger partial charge on any atom is 0.217 e. The van der Waals surface area contributed by atoms with Crippen molar-refractivity contribution < 1.29 is 4.74 Å². The van der Waals surface area contributed by atoms with Crippen LogP contribution in [0.1, 0.15) is 11.3 Å². The minimum Gasteiger partial charge on any atom is -0.477 e. The predicted molar refractivity (Wildman–Crippen MR) is 38.2 cm³/mol. The van der Waals surface area contributed by atoms with Crippen molar-refractivity contribution in [2.75, 3.05) is 6.61 Å². The SMILES string of the molecule is N#Cc1ccc2c(n1)OCC2. The molecule has 2 rings (SSSR count). The summed E-state index contributed by atoms with van der Waals surface area (Å²) < 4.78 is 5.18. The van der Waals surface area contributed by atoms with Gasteiger partial charge < -0.3 is 4.74 Å². The third kappa shape index (κ3) is 0.926. The Morgan fingerprint density at radius 3 is 3.27 bits per heavy atom. The Hall–Kier alpha value is -1.56. The summed E-state index contributed by atoms with van der Waals surface area (Å²) in [6, 6.07) is 5.58. The number of fused-ring (bicyclic) bond motifs is 1. The average molecular weight is 146 g/mol. The van der Waals surface area contributed by atoms with E-state index in [4.69, 9.17) is 10.00 Å². The van der Waals surface area contributed by atoms with Crippen molar-refractivity contribution in [3.05, 3.63) is 23.4 Å². The molecule has 0 bridgehead atoms. The second-order valence-corrected chi connectivity index (χ2v) is 2.37. The van der Waals surface area contributed by atoms with Crippen LogP contribution < -0.4 is 4.74 Å². The van der Waals surface area contributed by atoms with E-state index in [1.165, 1.54) is 0 Å². The quantitative estimate of drug-likeness (QED) is 0.546. The van der Waals surface area contributed by atoms with Crippen molar-refractivity contribution in [3.63, 3.8) is 0 Å². The van der Waals surface area contributed by atoms with E-state index in [0.29, 0.717) is 18.2 Å². The van der Waals surface area contributed by atoms with Gasteiger partial charge in [0, 0.05) is 12.0 Å². The van der Waals surface area contributed by atoms with Crippen molar-refractivity contribution in [1.29, 1.82) is 5.26 Å². The van der Waals surface area contributed by atoms with Crippen LogP contribution in [0.4, 0.5) is 0 Å². The van der Waals surface area contributed by atoms with Crippen LogP contribution in [0.15, 0.2) is 12.1 Å². The van der Waals surface area contributed by atoms with Gasteiger partial charge in [0.05, 0.1) is 6.61 Å². The van der Waals surface area contributed by atoms with Crippen LogP contribution in [0.5, 0.6) is 5.88 Å². The molecule has 0 saturated heterocycles. The number of nitriles is 1. The first-order valence-electron chi connectivity index (χ1n) is 3.43. The highest BCUT2D eigenvalue weighted by Gasteiger charge is 2.12. The summed E-state index contributed by atoms with van der Waals surface area (Å²) in [6.45, 7) is 0.692. The summed E-state index contributed by atoms with van der Waals surface area (Å²) >= 11 is 0. The molecule has 1 aliphatic heterocycles. The highest BCUT2D eigenvalue weighted by Crippen LogP contribution is 2.21. The lowest BCUT2D eigenvalue weighted by molar-refractivity contribution is 0.344. The Labute approximate surface area is 64.2 Å². The normalized spacial score (nSPS) is 13.4. The lowest BCUT2D eigenvalue weighted by atomic mass is 10.2. The fraction of sp³-hybridized carbons (Fsp3) is 0.250. The van der Waals surface area contributed by atoms with Gasteiger partial charge in [-0.05, 0) is 6.07 Å². The number of nitrogens with zero attached hydrogens (tertiary/aromatic N) is 2. The molecule has 1 aromatic rings. The van der Waals surface area contributed by atoms with Crippen molar-refractivity contribution in [3.8, 4) is 11.9 Å². The van der Waals surface area contributed by atoms with Gasteiger partial charge in [0.1, 0.15) is 11.8 Å². The molecule has 3 heteroatoms. The predicted octanol–water partition coefficient (Wildman–Crippen LogP) is 0.888. The first-order chi connectivity index (χ1) is 5.40. The first-order valence-corrected chi connectivity index (χ1v) is 3.43. The highest BCUT2D eigenvalue weighted by molar-refractivity contribution is 5.34. The fourth-order valence-electron chi connectivity index (χ4n) is 1.10. The zero-order chi connectivity index (χ0) is 7.68. The van der Waals surface area contributed by atoms with Crippen LogP contribution in [-0.2, 0) is 6.42 Å². The van der Waals surface area contributed by atoms with Crippen molar-refractivity contribution >= 4 is 0 Å². The Morgan fingerprint density at radius 2 is 2.45 bits per heavy atom. The van der Waals surface area contributed by atoms with Crippen molar-refractivity contribution in [2.45, 2.75) is 6.42 Å². The molecule has 2 heterocycles. The fourth-order valence-corrected chi connectivity index (χ4v) is 1.10. The lowest BCUT2D eigenvalue weighted by Crippen LogP contribution is -1.89. The summed E-state index contributed by atoms with van der Waals surface area (Å²) in [5.74, 6) is 0.629. The van der Waals surface area contributed by atoms with Crippen molar-refractivity contribution in [2.24, 2.45) is 0 Å². The van der Waals surface area contributed by atoms with Crippen LogP contribution in [0, 0.1) is 11.3 Å². The molecule has 0 unspecified atom stereocenters. The summed E-state index contributed by atoms with van der Waals surface area (Å²) in [5, 5.41) is 8.50. The van der Waals surface area contributed by atoms with Crippen LogP contribution in [0.25, 0.3) is 0 Å². The number of hydrogen-bond donors (Lipinski definition) is 0. The monoisotopic (exact) mass is 146 g/mol. The van der Waals surface area contributed by atoms with E-state index in [0.717, 1.165) is 12.0 Å². The maximum absolute atomic E-state index is 8.50. The number of aromatic nitrogens is 1. The van der Waals surface area contributed by atoms with Crippen LogP contribution in [-0.4, -0.2) is 11.6 Å². The summed E-state index contributed by atoms with van der Waals surface area (Å²) in [6.07, 6.45) is 0.911. The number of ether oxygens (including phenoxy) is 1. The van der Waals surface area contributed by atoms with Crippen LogP contribution in [0.3, 0.4) is 0 Å². The number of hydrogen-bond acceptors (Lipinski definition) is 3. The van der Waals surface area contributed by atoms with Gasteiger partial charge in [-0.1, -0.05) is 6.07 Å². The molecule has 0 N–H and O–H groups in total. The third-order valence-corrected chi connectivity index (χ3v) is 1.66. The zero-order valence-corrected chi connectivity index (χ0v) is 5.87. The second-order valence-electron chi connectivity index (χ2n) is 2.37. The summed E-state index contributed by atoms with van der Waals surface area (Å²) in [4.78, 5) is 3.99. The molecule has 11 heavy (non-hydrogen) atoms. The molecular formula is C8H6N2O. The van der Waals surface area contributed by atoms with Crippen molar-refractivity contribution in [1.82, 2.24) is 4.98 Å². The molecule has 0 radical (unpaired) electrons. The number of rotatable bonds is 0. The van der Waals surface area contributed by atoms with E-state index >= 15 is 0 Å². The topological polar surface area (TPSA) is 45.9 Å². The third-order valence-electron chi connectivity index (χ3n) is 1.66. The summed E-state index contributed by atoms with van der Waals surface area (Å²) in [7, 11) is 0. The molecule has 0 spiro atoms. The molecule has 54 valence electrons. The van der Waals surface area contributed by atoms with Crippen LogP contribution in [0.2, 0.25) is 0 Å². The molecular weight excluding hydrogens is 140 g/mol. The van der Waals surface area contributed by atoms with E-state index in [-0.39, 0.29) is 0 Å². The minimum atomic E-state index is 0.422. The molecule has 0 fully saturated rings.